The predicted octanol–water partition coefficient (Wildman–Crippen LogP) is 5.33. The smallest absolute Gasteiger partial charge is 0.256 e. The largest absolute Gasteiger partial charge is 0.351 e. The molecule has 3 N–H and O–H groups in total. The Labute approximate surface area is 189 Å². The molecule has 1 amide bonds. The maximum absolute atomic E-state index is 13.5. The number of anilines is 1. The van der Waals surface area contributed by atoms with Crippen LogP contribution in [0.2, 0.25) is 0 Å². The fraction of sp³-hybridized carbons (Fsp3) is 0.0833. The highest BCUT2D eigenvalue weighted by Gasteiger charge is 2.32. The highest BCUT2D eigenvalue weighted by molar-refractivity contribution is 9.10. The van der Waals surface area contributed by atoms with E-state index >= 15 is 0 Å². The minimum atomic E-state index is -0.382. The van der Waals surface area contributed by atoms with Crippen LogP contribution >= 0.6 is 28.1 Å². The summed E-state index contributed by atoms with van der Waals surface area (Å²) in [6.07, 6.45) is 0. The average Bonchev–Trinajstić information content (AvgIpc) is 2.76. The van der Waals surface area contributed by atoms with Gasteiger partial charge < -0.3 is 16.0 Å². The second-order valence-corrected chi connectivity index (χ2v) is 8.38. The summed E-state index contributed by atoms with van der Waals surface area (Å²) < 4.78 is 0.973. The van der Waals surface area contributed by atoms with Gasteiger partial charge in [0.1, 0.15) is 0 Å². The lowest BCUT2D eigenvalue weighted by Gasteiger charge is -2.32. The highest BCUT2D eigenvalue weighted by atomic mass is 79.9. The fourth-order valence-corrected chi connectivity index (χ4v) is 3.87. The van der Waals surface area contributed by atoms with Crippen molar-refractivity contribution in [3.8, 4) is 0 Å². The predicted molar refractivity (Wildman–Crippen MR) is 129 cm³/mol. The van der Waals surface area contributed by atoms with Gasteiger partial charge in [0.05, 0.1) is 17.3 Å². The number of carbonyl (C=O) groups excluding carboxylic acids is 1. The van der Waals surface area contributed by atoms with E-state index in [9.17, 15) is 4.79 Å². The molecule has 3 aromatic rings. The molecule has 0 bridgehead atoms. The van der Waals surface area contributed by atoms with Gasteiger partial charge >= 0.3 is 0 Å². The van der Waals surface area contributed by atoms with Crippen molar-refractivity contribution in [1.29, 1.82) is 0 Å². The normalized spacial score (nSPS) is 15.9. The third-order valence-electron chi connectivity index (χ3n) is 4.89. The maximum Gasteiger partial charge on any atom is 0.256 e. The number of nitrogens with one attached hydrogen (secondary N) is 3. The summed E-state index contributed by atoms with van der Waals surface area (Å²) in [5, 5.41) is 9.98. The summed E-state index contributed by atoms with van der Waals surface area (Å²) in [7, 11) is 0. The van der Waals surface area contributed by atoms with Crippen molar-refractivity contribution in [2.75, 3.05) is 5.32 Å². The topological polar surface area (TPSA) is 53.2 Å². The molecule has 1 aliphatic rings. The SMILES string of the molecule is Cc1ccc(NC(=O)C2=C(c3ccccc3)NC(=S)N[C@@H]2c2ccc(Br)cc2)cc1. The molecule has 30 heavy (non-hydrogen) atoms. The number of benzene rings is 3. The van der Waals surface area contributed by atoms with Crippen LogP contribution in [0.5, 0.6) is 0 Å². The van der Waals surface area contributed by atoms with Gasteiger partial charge in [0.25, 0.3) is 5.91 Å². The highest BCUT2D eigenvalue weighted by Crippen LogP contribution is 2.32. The maximum atomic E-state index is 13.5. The fourth-order valence-electron chi connectivity index (χ4n) is 3.38. The van der Waals surface area contributed by atoms with Crippen LogP contribution in [-0.4, -0.2) is 11.0 Å². The van der Waals surface area contributed by atoms with Gasteiger partial charge in [-0.15, -0.1) is 0 Å². The van der Waals surface area contributed by atoms with Crippen molar-refractivity contribution in [3.05, 3.63) is 106 Å². The Morgan fingerprint density at radius 2 is 1.63 bits per heavy atom. The van der Waals surface area contributed by atoms with Crippen LogP contribution in [-0.2, 0) is 4.79 Å². The van der Waals surface area contributed by atoms with Crippen molar-refractivity contribution in [1.82, 2.24) is 10.6 Å². The van der Waals surface area contributed by atoms with Crippen molar-refractivity contribution in [2.24, 2.45) is 0 Å². The summed E-state index contributed by atoms with van der Waals surface area (Å²) in [4.78, 5) is 13.5. The van der Waals surface area contributed by atoms with E-state index in [4.69, 9.17) is 12.2 Å². The monoisotopic (exact) mass is 477 g/mol. The van der Waals surface area contributed by atoms with E-state index in [-0.39, 0.29) is 11.9 Å². The van der Waals surface area contributed by atoms with Crippen LogP contribution in [0.4, 0.5) is 5.69 Å². The van der Waals surface area contributed by atoms with Gasteiger partial charge in [0, 0.05) is 10.2 Å². The molecule has 0 spiro atoms. The molecule has 4 nitrogen and oxygen atoms in total. The number of rotatable bonds is 4. The number of halogens is 1. The van der Waals surface area contributed by atoms with Crippen LogP contribution in [0.25, 0.3) is 5.70 Å². The molecule has 1 heterocycles. The second kappa shape index (κ2) is 8.81. The Kier molecular flexibility index (Phi) is 5.97. The Morgan fingerprint density at radius 3 is 2.30 bits per heavy atom. The van der Waals surface area contributed by atoms with Gasteiger partial charge in [-0.05, 0) is 54.5 Å². The Hall–Kier alpha value is -2.96. The molecule has 0 saturated carbocycles. The molecule has 1 aliphatic heterocycles. The van der Waals surface area contributed by atoms with Gasteiger partial charge in [-0.1, -0.05) is 76.1 Å². The zero-order valence-corrected chi connectivity index (χ0v) is 18.7. The lowest BCUT2D eigenvalue weighted by molar-refractivity contribution is -0.113. The second-order valence-electron chi connectivity index (χ2n) is 7.06. The standard InChI is InChI=1S/C24H20BrN3OS/c1-15-7-13-19(14-8-15)26-23(29)20-21(16-5-3-2-4-6-16)27-24(30)28-22(20)17-9-11-18(25)12-10-17/h2-14,22H,1H3,(H,26,29)(H2,27,28,30)/t22-/m1/s1. The first-order valence-electron chi connectivity index (χ1n) is 9.52. The Morgan fingerprint density at radius 1 is 0.967 bits per heavy atom. The molecular formula is C24H20BrN3OS. The molecule has 0 aromatic heterocycles. The first-order valence-corrected chi connectivity index (χ1v) is 10.7. The minimum absolute atomic E-state index is 0.187. The third-order valence-corrected chi connectivity index (χ3v) is 5.64. The molecule has 6 heteroatoms. The molecule has 1 atom stereocenters. The molecule has 0 aliphatic carbocycles. The van der Waals surface area contributed by atoms with E-state index in [1.165, 1.54) is 0 Å². The van der Waals surface area contributed by atoms with E-state index in [1.54, 1.807) is 0 Å². The minimum Gasteiger partial charge on any atom is -0.351 e. The van der Waals surface area contributed by atoms with Crippen molar-refractivity contribution >= 4 is 50.6 Å². The molecule has 3 aromatic carbocycles. The summed E-state index contributed by atoms with van der Waals surface area (Å²) in [5.74, 6) is -0.187. The molecule has 0 unspecified atom stereocenters. The van der Waals surface area contributed by atoms with Crippen LogP contribution in [0.1, 0.15) is 22.7 Å². The summed E-state index contributed by atoms with van der Waals surface area (Å²) in [6, 6.07) is 25.0. The van der Waals surface area contributed by atoms with E-state index in [0.717, 1.165) is 26.9 Å². The summed E-state index contributed by atoms with van der Waals surface area (Å²) >= 11 is 8.95. The number of thiocarbonyl (C=S) groups is 1. The first kappa shape index (κ1) is 20.3. The lowest BCUT2D eigenvalue weighted by Crippen LogP contribution is -2.45. The van der Waals surface area contributed by atoms with Crippen LogP contribution < -0.4 is 16.0 Å². The van der Waals surface area contributed by atoms with Crippen LogP contribution in [0, 0.1) is 6.92 Å². The van der Waals surface area contributed by atoms with E-state index in [1.807, 2.05) is 85.8 Å². The molecule has 4 rings (SSSR count). The molecule has 0 radical (unpaired) electrons. The summed E-state index contributed by atoms with van der Waals surface area (Å²) in [6.45, 7) is 2.02. The van der Waals surface area contributed by atoms with Gasteiger partial charge in [0.15, 0.2) is 5.11 Å². The van der Waals surface area contributed by atoms with Gasteiger partial charge in [-0.2, -0.15) is 0 Å². The van der Waals surface area contributed by atoms with Crippen molar-refractivity contribution < 1.29 is 4.79 Å². The average molecular weight is 478 g/mol. The quantitative estimate of drug-likeness (QED) is 0.444. The van der Waals surface area contributed by atoms with Crippen LogP contribution in [0.15, 0.2) is 88.9 Å². The molecule has 150 valence electrons. The zero-order valence-electron chi connectivity index (χ0n) is 16.3. The summed E-state index contributed by atoms with van der Waals surface area (Å²) in [5.41, 5.74) is 5.01. The Balaban J connectivity index is 1.81. The van der Waals surface area contributed by atoms with E-state index in [0.29, 0.717) is 16.4 Å². The van der Waals surface area contributed by atoms with Crippen molar-refractivity contribution in [3.63, 3.8) is 0 Å². The molecule has 0 saturated heterocycles. The molecular weight excluding hydrogens is 458 g/mol. The third kappa shape index (κ3) is 4.45. The zero-order chi connectivity index (χ0) is 21.1. The van der Waals surface area contributed by atoms with Crippen LogP contribution in [0.3, 0.4) is 0 Å². The van der Waals surface area contributed by atoms with E-state index in [2.05, 4.69) is 31.9 Å². The number of aryl methyl sites for hydroxylation is 1. The lowest BCUT2D eigenvalue weighted by atomic mass is 9.92. The first-order chi connectivity index (χ1) is 14.5. The Bertz CT molecular complexity index is 1110. The van der Waals surface area contributed by atoms with Gasteiger partial charge in [-0.3, -0.25) is 4.79 Å². The number of hydrogen-bond acceptors (Lipinski definition) is 2. The number of hydrogen-bond donors (Lipinski definition) is 3. The van der Waals surface area contributed by atoms with E-state index < -0.39 is 0 Å². The van der Waals surface area contributed by atoms with Gasteiger partial charge in [-0.25, -0.2) is 0 Å². The van der Waals surface area contributed by atoms with Gasteiger partial charge in [0.2, 0.25) is 0 Å². The number of amides is 1. The number of carbonyl (C=O) groups is 1. The molecule has 0 fully saturated rings. The van der Waals surface area contributed by atoms with Crippen molar-refractivity contribution in [2.45, 2.75) is 13.0 Å².